The summed E-state index contributed by atoms with van der Waals surface area (Å²) in [5.74, 6) is 0.337. The fourth-order valence-corrected chi connectivity index (χ4v) is 3.34. The number of carbonyl (C=O) groups excluding carboxylic acids is 1. The van der Waals surface area contributed by atoms with Crippen molar-refractivity contribution in [2.24, 2.45) is 0 Å². The monoisotopic (exact) mass is 419 g/mol. The lowest BCUT2D eigenvalue weighted by Crippen LogP contribution is -2.49. The molecule has 2 atom stereocenters. The van der Waals surface area contributed by atoms with Gasteiger partial charge in [-0.3, -0.25) is 15.4 Å². The highest BCUT2D eigenvalue weighted by atomic mass is 35.5. The van der Waals surface area contributed by atoms with Gasteiger partial charge in [-0.15, -0.1) is 0 Å². The number of aromatic nitrogens is 2. The zero-order valence-electron chi connectivity index (χ0n) is 16.2. The number of nitrogens with one attached hydrogen (secondary N) is 3. The number of carbonyl (C=O) groups is 1. The highest BCUT2D eigenvalue weighted by Crippen LogP contribution is 2.18. The van der Waals surface area contributed by atoms with E-state index < -0.39 is 5.91 Å². The number of benzene rings is 1. The third-order valence-electron chi connectivity index (χ3n) is 4.79. The molecule has 156 valence electrons. The van der Waals surface area contributed by atoms with Crippen LogP contribution in [0, 0.1) is 0 Å². The zero-order chi connectivity index (χ0) is 20.8. The first-order chi connectivity index (χ1) is 14.0. The summed E-state index contributed by atoms with van der Waals surface area (Å²) in [6.07, 6.45) is 3.84. The number of anilines is 2. The minimum atomic E-state index is -0.470. The fourth-order valence-electron chi connectivity index (χ4n) is 3.21. The molecular formula is C19H26ClN7O2. The largest absolute Gasteiger partial charge is 0.497 e. The first-order valence-corrected chi connectivity index (χ1v) is 9.85. The number of unbranched alkanes of at least 4 members (excludes halogenated alkanes) is 1. The first-order valence-electron chi connectivity index (χ1n) is 9.48. The van der Waals surface area contributed by atoms with E-state index in [0.717, 1.165) is 38.0 Å². The predicted molar refractivity (Wildman–Crippen MR) is 113 cm³/mol. The summed E-state index contributed by atoms with van der Waals surface area (Å²) in [7, 11) is 1.67. The normalized spacial score (nSPS) is 18.6. The van der Waals surface area contributed by atoms with Gasteiger partial charge in [-0.25, -0.2) is 9.97 Å². The Balaban J connectivity index is 1.39. The number of ether oxygens (including phenoxy) is 1. The van der Waals surface area contributed by atoms with Crippen LogP contribution in [-0.4, -0.2) is 41.9 Å². The second-order valence-corrected chi connectivity index (χ2v) is 7.26. The number of hydrogen-bond acceptors (Lipinski definition) is 8. The van der Waals surface area contributed by atoms with Crippen LogP contribution in [0.25, 0.3) is 0 Å². The van der Waals surface area contributed by atoms with Gasteiger partial charge in [0, 0.05) is 12.6 Å². The topological polar surface area (TPSA) is 140 Å². The van der Waals surface area contributed by atoms with Crippen molar-refractivity contribution in [1.29, 1.82) is 0 Å². The van der Waals surface area contributed by atoms with E-state index in [1.165, 1.54) is 5.56 Å². The van der Waals surface area contributed by atoms with E-state index in [2.05, 4.69) is 38.1 Å². The first kappa shape index (κ1) is 21.1. The summed E-state index contributed by atoms with van der Waals surface area (Å²) in [6.45, 7) is 0.761. The van der Waals surface area contributed by atoms with Crippen LogP contribution in [0.4, 0.5) is 11.6 Å². The Morgan fingerprint density at radius 2 is 2.00 bits per heavy atom. The molecule has 2 unspecified atom stereocenters. The number of rotatable bonds is 8. The average molecular weight is 420 g/mol. The van der Waals surface area contributed by atoms with Gasteiger partial charge in [-0.05, 0) is 37.0 Å². The molecule has 29 heavy (non-hydrogen) atoms. The summed E-state index contributed by atoms with van der Waals surface area (Å²) in [5.41, 5.74) is 12.5. The summed E-state index contributed by atoms with van der Waals surface area (Å²) in [6, 6.07) is 8.43. The molecule has 1 aliphatic heterocycles. The van der Waals surface area contributed by atoms with Gasteiger partial charge in [0.2, 0.25) is 0 Å². The molecule has 7 N–H and O–H groups in total. The molecule has 10 heteroatoms. The molecule has 0 bridgehead atoms. The number of nitrogens with two attached hydrogens (primary N) is 2. The van der Waals surface area contributed by atoms with Gasteiger partial charge in [0.05, 0.1) is 7.11 Å². The maximum absolute atomic E-state index is 12.4. The van der Waals surface area contributed by atoms with Crippen LogP contribution in [0.1, 0.15) is 35.3 Å². The van der Waals surface area contributed by atoms with E-state index in [4.69, 9.17) is 27.8 Å². The number of aryl methyl sites for hydroxylation is 1. The molecule has 2 aromatic rings. The van der Waals surface area contributed by atoms with Gasteiger partial charge < -0.3 is 21.5 Å². The Bertz CT molecular complexity index is 847. The molecule has 3 rings (SSSR count). The van der Waals surface area contributed by atoms with Gasteiger partial charge in [0.15, 0.2) is 22.5 Å². The predicted octanol–water partition coefficient (Wildman–Crippen LogP) is 1.29. The molecule has 0 radical (unpaired) electrons. The summed E-state index contributed by atoms with van der Waals surface area (Å²) < 4.78 is 5.17. The van der Waals surface area contributed by atoms with Crippen molar-refractivity contribution in [3.63, 3.8) is 0 Å². The maximum atomic E-state index is 12.4. The van der Waals surface area contributed by atoms with Crippen molar-refractivity contribution in [1.82, 2.24) is 25.9 Å². The molecule has 1 saturated heterocycles. The SMILES string of the molecule is COc1ccc(CCCCC2CNC(NC(=O)c3nc(Cl)c(N)nc3N)N2)cc1. The van der Waals surface area contributed by atoms with Gasteiger partial charge in [-0.1, -0.05) is 30.2 Å². The van der Waals surface area contributed by atoms with E-state index in [1.807, 2.05) is 12.1 Å². The second kappa shape index (κ2) is 9.73. The van der Waals surface area contributed by atoms with E-state index in [1.54, 1.807) is 7.11 Å². The molecule has 0 saturated carbocycles. The van der Waals surface area contributed by atoms with E-state index in [9.17, 15) is 4.79 Å². The molecular weight excluding hydrogens is 394 g/mol. The smallest absolute Gasteiger partial charge is 0.276 e. The Morgan fingerprint density at radius 1 is 1.24 bits per heavy atom. The van der Waals surface area contributed by atoms with Gasteiger partial charge in [0.25, 0.3) is 5.91 Å². The van der Waals surface area contributed by atoms with Crippen molar-refractivity contribution < 1.29 is 9.53 Å². The number of halogens is 1. The van der Waals surface area contributed by atoms with Gasteiger partial charge in [-0.2, -0.15) is 0 Å². The minimum Gasteiger partial charge on any atom is -0.497 e. The van der Waals surface area contributed by atoms with Gasteiger partial charge in [0.1, 0.15) is 12.0 Å². The van der Waals surface area contributed by atoms with Crippen LogP contribution < -0.4 is 32.2 Å². The standard InChI is InChI=1S/C19H26ClN7O2/c1-29-13-8-6-11(7-9-13)4-2-3-5-12-10-23-19(24-12)27-18(28)14-16(21)26-17(22)15(20)25-14/h6-9,12,19,23-24H,2-5,10H2,1H3,(H,27,28)(H4,21,22,26). The molecule has 1 aromatic heterocycles. The number of methoxy groups -OCH3 is 1. The Hall–Kier alpha value is -2.62. The van der Waals surface area contributed by atoms with Crippen molar-refractivity contribution in [3.8, 4) is 5.75 Å². The van der Waals surface area contributed by atoms with Crippen molar-refractivity contribution in [2.45, 2.75) is 38.0 Å². The van der Waals surface area contributed by atoms with Crippen LogP contribution in [0.5, 0.6) is 5.75 Å². The summed E-state index contributed by atoms with van der Waals surface area (Å²) in [5, 5.41) is 9.30. The third-order valence-corrected chi connectivity index (χ3v) is 5.07. The number of nitrogen functional groups attached to an aromatic ring is 2. The van der Waals surface area contributed by atoms with Gasteiger partial charge >= 0.3 is 0 Å². The van der Waals surface area contributed by atoms with E-state index in [0.29, 0.717) is 0 Å². The number of amides is 1. The Labute approximate surface area is 174 Å². The maximum Gasteiger partial charge on any atom is 0.276 e. The van der Waals surface area contributed by atoms with Crippen LogP contribution in [-0.2, 0) is 6.42 Å². The summed E-state index contributed by atoms with van der Waals surface area (Å²) in [4.78, 5) is 20.1. The molecule has 1 amide bonds. The van der Waals surface area contributed by atoms with Crippen molar-refractivity contribution in [2.75, 3.05) is 25.1 Å². The molecule has 1 aliphatic rings. The fraction of sp³-hybridized carbons (Fsp3) is 0.421. The van der Waals surface area contributed by atoms with Crippen molar-refractivity contribution >= 4 is 29.1 Å². The highest BCUT2D eigenvalue weighted by Gasteiger charge is 2.25. The third kappa shape index (κ3) is 5.69. The lowest BCUT2D eigenvalue weighted by molar-refractivity contribution is 0.0923. The molecule has 1 aromatic carbocycles. The number of nitrogens with zero attached hydrogens (tertiary/aromatic N) is 2. The minimum absolute atomic E-state index is 0.00691. The van der Waals surface area contributed by atoms with Crippen molar-refractivity contribution in [3.05, 3.63) is 40.7 Å². The summed E-state index contributed by atoms with van der Waals surface area (Å²) >= 11 is 5.83. The number of hydrogen-bond donors (Lipinski definition) is 5. The molecule has 9 nitrogen and oxygen atoms in total. The molecule has 0 aliphatic carbocycles. The molecule has 2 heterocycles. The van der Waals surface area contributed by atoms with E-state index in [-0.39, 0.29) is 34.8 Å². The zero-order valence-corrected chi connectivity index (χ0v) is 17.0. The Kier molecular flexibility index (Phi) is 7.08. The highest BCUT2D eigenvalue weighted by molar-refractivity contribution is 6.31. The molecule has 0 spiro atoms. The van der Waals surface area contributed by atoms with Crippen LogP contribution in [0.3, 0.4) is 0 Å². The van der Waals surface area contributed by atoms with Crippen LogP contribution >= 0.6 is 11.6 Å². The lowest BCUT2D eigenvalue weighted by atomic mass is 10.0. The second-order valence-electron chi connectivity index (χ2n) is 6.91. The van der Waals surface area contributed by atoms with E-state index >= 15 is 0 Å². The average Bonchev–Trinajstić information content (AvgIpc) is 3.15. The quantitative estimate of drug-likeness (QED) is 0.403. The van der Waals surface area contributed by atoms with Crippen LogP contribution in [0.2, 0.25) is 5.15 Å². The lowest BCUT2D eigenvalue weighted by Gasteiger charge is -2.15. The Morgan fingerprint density at radius 3 is 2.72 bits per heavy atom. The molecule has 1 fully saturated rings. The van der Waals surface area contributed by atoms with Crippen LogP contribution in [0.15, 0.2) is 24.3 Å².